The van der Waals surface area contributed by atoms with Crippen LogP contribution < -0.4 is 14.8 Å². The molecule has 1 N–H and O–H groups in total. The van der Waals surface area contributed by atoms with E-state index in [-0.39, 0.29) is 30.1 Å². The number of hydrogen-bond donors (Lipinski definition) is 1. The summed E-state index contributed by atoms with van der Waals surface area (Å²) in [4.78, 5) is 20.1. The van der Waals surface area contributed by atoms with Crippen molar-refractivity contribution in [2.45, 2.75) is 19.9 Å². The topological polar surface area (TPSA) is 75.6 Å². The van der Waals surface area contributed by atoms with Gasteiger partial charge in [-0.05, 0) is 24.6 Å². The van der Waals surface area contributed by atoms with Gasteiger partial charge in [0.2, 0.25) is 0 Å². The maximum atomic E-state index is 11.8. The predicted molar refractivity (Wildman–Crippen MR) is 118 cm³/mol. The van der Waals surface area contributed by atoms with E-state index < -0.39 is 0 Å². The number of fused-ring (bicyclic) bond motifs is 1. The minimum Gasteiger partial charge on any atom is -0.490 e. The molecule has 156 valence electrons. The number of benzene rings is 1. The summed E-state index contributed by atoms with van der Waals surface area (Å²) in [6.07, 6.45) is 0.652. The highest BCUT2D eigenvalue weighted by molar-refractivity contribution is 14.0. The van der Waals surface area contributed by atoms with E-state index in [0.717, 1.165) is 42.5 Å². The number of amides is 1. The molecule has 0 bridgehead atoms. The van der Waals surface area contributed by atoms with Gasteiger partial charge < -0.3 is 29.3 Å². The Labute approximate surface area is 183 Å². The summed E-state index contributed by atoms with van der Waals surface area (Å²) in [6, 6.07) is 6.00. The molecule has 0 spiro atoms. The molecule has 0 radical (unpaired) electrons. The van der Waals surface area contributed by atoms with Gasteiger partial charge in [0.1, 0.15) is 0 Å². The molecule has 0 unspecified atom stereocenters. The molecular formula is C19H29IN4O4. The van der Waals surface area contributed by atoms with E-state index >= 15 is 0 Å². The Hall–Kier alpha value is -1.91. The van der Waals surface area contributed by atoms with Crippen molar-refractivity contribution in [2.75, 3.05) is 53.0 Å². The summed E-state index contributed by atoms with van der Waals surface area (Å²) in [5.74, 6) is 2.42. The fraction of sp³-hybridized carbons (Fsp3) is 0.579. The molecule has 28 heavy (non-hydrogen) atoms. The summed E-state index contributed by atoms with van der Waals surface area (Å²) in [6.45, 7) is 6.93. The van der Waals surface area contributed by atoms with E-state index in [9.17, 15) is 4.79 Å². The second-order valence-corrected chi connectivity index (χ2v) is 6.41. The van der Waals surface area contributed by atoms with Gasteiger partial charge >= 0.3 is 6.09 Å². The molecule has 1 aromatic rings. The number of ether oxygens (including phenoxy) is 3. The summed E-state index contributed by atoms with van der Waals surface area (Å²) in [7, 11) is 1.77. The highest BCUT2D eigenvalue weighted by Gasteiger charge is 2.23. The lowest BCUT2D eigenvalue weighted by Crippen LogP contribution is -2.53. The van der Waals surface area contributed by atoms with Crippen molar-refractivity contribution in [1.82, 2.24) is 15.1 Å². The fourth-order valence-electron chi connectivity index (χ4n) is 3.15. The van der Waals surface area contributed by atoms with E-state index in [1.807, 2.05) is 25.1 Å². The van der Waals surface area contributed by atoms with Gasteiger partial charge in [-0.3, -0.25) is 4.99 Å². The van der Waals surface area contributed by atoms with Crippen LogP contribution in [0.4, 0.5) is 4.79 Å². The molecule has 0 aliphatic carbocycles. The van der Waals surface area contributed by atoms with E-state index in [0.29, 0.717) is 39.5 Å². The summed E-state index contributed by atoms with van der Waals surface area (Å²) < 4.78 is 16.5. The lowest BCUT2D eigenvalue weighted by Gasteiger charge is -2.35. The lowest BCUT2D eigenvalue weighted by molar-refractivity contribution is 0.0914. The highest BCUT2D eigenvalue weighted by atomic mass is 127. The lowest BCUT2D eigenvalue weighted by atomic mass is 10.2. The van der Waals surface area contributed by atoms with Crippen LogP contribution in [0.15, 0.2) is 23.2 Å². The Morgan fingerprint density at radius 1 is 1.14 bits per heavy atom. The summed E-state index contributed by atoms with van der Waals surface area (Å²) in [5, 5.41) is 3.39. The second kappa shape index (κ2) is 11.2. The van der Waals surface area contributed by atoms with Gasteiger partial charge in [-0.25, -0.2) is 4.79 Å². The molecule has 1 amide bonds. The van der Waals surface area contributed by atoms with E-state index in [4.69, 9.17) is 14.2 Å². The van der Waals surface area contributed by atoms with Crippen molar-refractivity contribution in [3.63, 3.8) is 0 Å². The molecule has 2 heterocycles. The minimum absolute atomic E-state index is 0. The third kappa shape index (κ3) is 5.79. The number of piperazine rings is 1. The molecule has 9 heteroatoms. The van der Waals surface area contributed by atoms with Gasteiger partial charge in [0, 0.05) is 46.2 Å². The first kappa shape index (κ1) is 22.4. The molecule has 1 fully saturated rings. The van der Waals surface area contributed by atoms with Crippen molar-refractivity contribution in [1.29, 1.82) is 0 Å². The Balaban J connectivity index is 0.00000280. The Morgan fingerprint density at radius 2 is 1.82 bits per heavy atom. The van der Waals surface area contributed by atoms with Crippen molar-refractivity contribution >= 4 is 36.0 Å². The van der Waals surface area contributed by atoms with Gasteiger partial charge in [-0.15, -0.1) is 24.0 Å². The van der Waals surface area contributed by atoms with Crippen LogP contribution >= 0.6 is 24.0 Å². The van der Waals surface area contributed by atoms with Crippen LogP contribution in [0.1, 0.15) is 18.9 Å². The molecule has 3 rings (SSSR count). The smallest absolute Gasteiger partial charge is 0.409 e. The fourth-order valence-corrected chi connectivity index (χ4v) is 3.15. The third-order valence-electron chi connectivity index (χ3n) is 4.58. The number of halogens is 1. The normalized spacial score (nSPS) is 16.7. The van der Waals surface area contributed by atoms with Gasteiger partial charge in [0.25, 0.3) is 0 Å². The first-order valence-corrected chi connectivity index (χ1v) is 9.47. The second-order valence-electron chi connectivity index (χ2n) is 6.41. The molecule has 2 aliphatic heterocycles. The van der Waals surface area contributed by atoms with Crippen LogP contribution in [0.25, 0.3) is 0 Å². The highest BCUT2D eigenvalue weighted by Crippen LogP contribution is 2.30. The number of nitrogens with zero attached hydrogens (tertiary/aromatic N) is 3. The van der Waals surface area contributed by atoms with E-state index in [2.05, 4.69) is 15.2 Å². The number of nitrogens with one attached hydrogen (secondary N) is 1. The van der Waals surface area contributed by atoms with Crippen LogP contribution in [-0.2, 0) is 11.3 Å². The zero-order valence-corrected chi connectivity index (χ0v) is 18.8. The number of aliphatic imine (C=N–C) groups is 1. The molecule has 1 aromatic carbocycles. The minimum atomic E-state index is -0.243. The van der Waals surface area contributed by atoms with Gasteiger partial charge in [0.05, 0.1) is 19.8 Å². The first-order valence-electron chi connectivity index (χ1n) is 9.47. The Morgan fingerprint density at radius 3 is 2.50 bits per heavy atom. The standard InChI is InChI=1S/C19H28N4O4.HI/c1-3-25-19(24)23-9-7-22(8-10-23)18(20-2)21-14-15-5-6-16-17(13-15)27-12-4-11-26-16;/h5-6,13H,3-4,7-12,14H2,1-2H3,(H,20,21);1H. The maximum Gasteiger partial charge on any atom is 0.409 e. The molecular weight excluding hydrogens is 475 g/mol. The summed E-state index contributed by atoms with van der Waals surface area (Å²) in [5.41, 5.74) is 1.10. The SMILES string of the molecule is CCOC(=O)N1CCN(C(=NC)NCc2ccc3c(c2)OCCCO3)CC1.I. The van der Waals surface area contributed by atoms with E-state index in [1.54, 1.807) is 11.9 Å². The Bertz CT molecular complexity index is 678. The van der Waals surface area contributed by atoms with Gasteiger partial charge in [-0.2, -0.15) is 0 Å². The summed E-state index contributed by atoms with van der Waals surface area (Å²) >= 11 is 0. The van der Waals surface area contributed by atoms with Crippen LogP contribution in [-0.4, -0.2) is 74.9 Å². The quantitative estimate of drug-likeness (QED) is 0.387. The number of carbonyl (C=O) groups is 1. The van der Waals surface area contributed by atoms with Crippen molar-refractivity contribution in [3.8, 4) is 11.5 Å². The maximum absolute atomic E-state index is 11.8. The predicted octanol–water partition coefficient (Wildman–Crippen LogP) is 2.32. The van der Waals surface area contributed by atoms with Crippen LogP contribution in [0, 0.1) is 0 Å². The molecule has 8 nitrogen and oxygen atoms in total. The molecule has 2 aliphatic rings. The number of rotatable bonds is 3. The first-order chi connectivity index (χ1) is 13.2. The largest absolute Gasteiger partial charge is 0.490 e. The average molecular weight is 504 g/mol. The van der Waals surface area contributed by atoms with Crippen LogP contribution in [0.3, 0.4) is 0 Å². The van der Waals surface area contributed by atoms with Gasteiger partial charge in [0.15, 0.2) is 17.5 Å². The number of guanidine groups is 1. The van der Waals surface area contributed by atoms with Gasteiger partial charge in [-0.1, -0.05) is 6.07 Å². The van der Waals surface area contributed by atoms with Crippen molar-refractivity contribution < 1.29 is 19.0 Å². The monoisotopic (exact) mass is 504 g/mol. The van der Waals surface area contributed by atoms with Crippen LogP contribution in [0.5, 0.6) is 11.5 Å². The third-order valence-corrected chi connectivity index (χ3v) is 4.58. The zero-order valence-electron chi connectivity index (χ0n) is 16.5. The number of carbonyl (C=O) groups excluding carboxylic acids is 1. The molecule has 0 atom stereocenters. The molecule has 0 saturated carbocycles. The molecule has 1 saturated heterocycles. The van der Waals surface area contributed by atoms with Crippen molar-refractivity contribution in [2.24, 2.45) is 4.99 Å². The van der Waals surface area contributed by atoms with E-state index in [1.165, 1.54) is 0 Å². The van der Waals surface area contributed by atoms with Crippen molar-refractivity contribution in [3.05, 3.63) is 23.8 Å². The average Bonchev–Trinajstić information content (AvgIpc) is 2.94. The van der Waals surface area contributed by atoms with Crippen LogP contribution in [0.2, 0.25) is 0 Å². The zero-order chi connectivity index (χ0) is 19.1. The Kier molecular flexibility index (Phi) is 8.94. The molecule has 0 aromatic heterocycles. The number of hydrogen-bond acceptors (Lipinski definition) is 5.